The number of nitrogens with one attached hydrogen (secondary N) is 3. The van der Waals surface area contributed by atoms with E-state index in [9.17, 15) is 14.4 Å². The molecule has 43 heavy (non-hydrogen) atoms. The number of benzene rings is 4. The topological polar surface area (TPSA) is 96.5 Å². The van der Waals surface area contributed by atoms with Crippen LogP contribution in [0.15, 0.2) is 108 Å². The number of ether oxygens (including phenoxy) is 1. The maximum Gasteiger partial charge on any atom is 0.272 e. The van der Waals surface area contributed by atoms with Crippen molar-refractivity contribution in [1.82, 2.24) is 5.32 Å². The second kappa shape index (κ2) is 15.3. The molecule has 0 saturated heterocycles. The van der Waals surface area contributed by atoms with Crippen molar-refractivity contribution in [2.45, 2.75) is 24.0 Å². The maximum absolute atomic E-state index is 13.3. The lowest BCUT2D eigenvalue weighted by Crippen LogP contribution is -2.30. The third kappa shape index (κ3) is 9.12. The molecule has 1 atom stereocenters. The number of carbonyl (C=O) groups is 3. The first-order valence-electron chi connectivity index (χ1n) is 13.4. The van der Waals surface area contributed by atoms with E-state index in [0.29, 0.717) is 44.9 Å². The van der Waals surface area contributed by atoms with Gasteiger partial charge < -0.3 is 20.7 Å². The van der Waals surface area contributed by atoms with Crippen LogP contribution < -0.4 is 20.7 Å². The molecule has 0 aliphatic heterocycles. The van der Waals surface area contributed by atoms with Gasteiger partial charge in [0.25, 0.3) is 11.8 Å². The van der Waals surface area contributed by atoms with E-state index in [2.05, 4.69) is 16.0 Å². The molecule has 3 amide bonds. The third-order valence-electron chi connectivity index (χ3n) is 6.03. The molecule has 0 aliphatic rings. The minimum atomic E-state index is -0.545. The number of amides is 3. The average Bonchev–Trinajstić information content (AvgIpc) is 3.00. The van der Waals surface area contributed by atoms with E-state index < -0.39 is 17.1 Å². The van der Waals surface area contributed by atoms with Crippen molar-refractivity contribution in [3.63, 3.8) is 0 Å². The van der Waals surface area contributed by atoms with Crippen molar-refractivity contribution in [3.8, 4) is 5.75 Å². The molecule has 0 saturated carbocycles. The quantitative estimate of drug-likeness (QED) is 0.115. The molecule has 4 aromatic carbocycles. The summed E-state index contributed by atoms with van der Waals surface area (Å²) in [4.78, 5) is 39.9. The van der Waals surface area contributed by atoms with E-state index in [-0.39, 0.29) is 11.6 Å². The number of hydrogen-bond acceptors (Lipinski definition) is 5. The summed E-state index contributed by atoms with van der Waals surface area (Å²) < 4.78 is 5.59. The zero-order valence-electron chi connectivity index (χ0n) is 23.4. The van der Waals surface area contributed by atoms with Crippen LogP contribution in [0.3, 0.4) is 0 Å². The van der Waals surface area contributed by atoms with Crippen LogP contribution in [-0.4, -0.2) is 29.6 Å². The molecule has 0 spiro atoms. The standard InChI is InChI=1S/C33H29Cl2N3O4S/c1-3-42-30-12-8-7-11-28(30)37-31(39)21(2)43-26-17-15-25(16-18-26)36-33(41)29(19-23-13-14-24(34)20-27(23)35)38-32(40)22-9-5-4-6-10-22/h4-21H,3H2,1-2H3,(H,36,41)(H,37,39)(H,38,40)/b29-19-. The zero-order valence-corrected chi connectivity index (χ0v) is 25.7. The highest BCUT2D eigenvalue weighted by molar-refractivity contribution is 8.00. The van der Waals surface area contributed by atoms with Gasteiger partial charge in [-0.1, -0.05) is 59.6 Å². The fraction of sp³-hybridized carbons (Fsp3) is 0.121. The number of carbonyl (C=O) groups excluding carboxylic acids is 3. The summed E-state index contributed by atoms with van der Waals surface area (Å²) >= 11 is 13.7. The molecular formula is C33H29Cl2N3O4S. The molecule has 0 fully saturated rings. The molecule has 7 nitrogen and oxygen atoms in total. The number of rotatable bonds is 11. The highest BCUT2D eigenvalue weighted by Gasteiger charge is 2.18. The van der Waals surface area contributed by atoms with Crippen molar-refractivity contribution in [3.05, 3.63) is 124 Å². The van der Waals surface area contributed by atoms with Gasteiger partial charge in [0, 0.05) is 26.2 Å². The van der Waals surface area contributed by atoms with Crippen LogP contribution in [0.4, 0.5) is 11.4 Å². The molecular weight excluding hydrogens is 605 g/mol. The Hall–Kier alpha value is -4.24. The Balaban J connectivity index is 1.44. The monoisotopic (exact) mass is 633 g/mol. The van der Waals surface area contributed by atoms with Gasteiger partial charge in [-0.2, -0.15) is 0 Å². The highest BCUT2D eigenvalue weighted by atomic mass is 35.5. The van der Waals surface area contributed by atoms with E-state index in [0.717, 1.165) is 4.90 Å². The van der Waals surface area contributed by atoms with Crippen LogP contribution in [0.2, 0.25) is 10.0 Å². The van der Waals surface area contributed by atoms with Gasteiger partial charge in [0.1, 0.15) is 11.4 Å². The van der Waals surface area contributed by atoms with Gasteiger partial charge >= 0.3 is 0 Å². The SMILES string of the molecule is CCOc1ccccc1NC(=O)C(C)Sc1ccc(NC(=O)/C(=C/c2ccc(Cl)cc2Cl)NC(=O)c2ccccc2)cc1. The first-order valence-corrected chi connectivity index (χ1v) is 15.0. The largest absolute Gasteiger partial charge is 0.492 e. The molecule has 1 unspecified atom stereocenters. The van der Waals surface area contributed by atoms with Gasteiger partial charge in [-0.05, 0) is 86.2 Å². The van der Waals surface area contributed by atoms with Gasteiger partial charge in [-0.25, -0.2) is 0 Å². The molecule has 10 heteroatoms. The van der Waals surface area contributed by atoms with Crippen molar-refractivity contribution >= 4 is 70.1 Å². The summed E-state index contributed by atoms with van der Waals surface area (Å²) in [6.45, 7) is 4.19. The Labute approximate surface area is 264 Å². The van der Waals surface area contributed by atoms with Crippen LogP contribution in [0, 0.1) is 0 Å². The Morgan fingerprint density at radius 2 is 1.58 bits per heavy atom. The molecule has 3 N–H and O–H groups in total. The van der Waals surface area contributed by atoms with Crippen LogP contribution in [-0.2, 0) is 9.59 Å². The van der Waals surface area contributed by atoms with Crippen LogP contribution in [0.5, 0.6) is 5.75 Å². The number of anilines is 2. The number of halogens is 2. The average molecular weight is 635 g/mol. The fourth-order valence-electron chi connectivity index (χ4n) is 3.88. The van der Waals surface area contributed by atoms with Crippen LogP contribution in [0.1, 0.15) is 29.8 Å². The molecule has 4 aromatic rings. The number of thioether (sulfide) groups is 1. The van der Waals surface area contributed by atoms with Crippen LogP contribution >= 0.6 is 35.0 Å². The second-order valence-corrected chi connectivity index (χ2v) is 11.5. The smallest absolute Gasteiger partial charge is 0.272 e. The second-order valence-electron chi connectivity index (χ2n) is 9.20. The zero-order chi connectivity index (χ0) is 30.8. The molecule has 0 aliphatic carbocycles. The molecule has 0 bridgehead atoms. The predicted octanol–water partition coefficient (Wildman–Crippen LogP) is 7.92. The molecule has 0 aromatic heterocycles. The Morgan fingerprint density at radius 3 is 2.28 bits per heavy atom. The Bertz CT molecular complexity index is 1630. The van der Waals surface area contributed by atoms with Gasteiger partial charge in [0.15, 0.2) is 0 Å². The summed E-state index contributed by atoms with van der Waals surface area (Å²) in [5.74, 6) is -0.548. The third-order valence-corrected chi connectivity index (χ3v) is 7.70. The molecule has 220 valence electrons. The lowest BCUT2D eigenvalue weighted by molar-refractivity contribution is -0.115. The Kier molecular flexibility index (Phi) is 11.3. The van der Waals surface area contributed by atoms with Crippen molar-refractivity contribution in [2.75, 3.05) is 17.2 Å². The van der Waals surface area contributed by atoms with E-state index in [1.165, 1.54) is 17.8 Å². The first-order chi connectivity index (χ1) is 20.7. The summed E-state index contributed by atoms with van der Waals surface area (Å²) in [6, 6.07) is 27.8. The predicted molar refractivity (Wildman–Crippen MR) is 175 cm³/mol. The molecule has 0 radical (unpaired) electrons. The van der Waals surface area contributed by atoms with E-state index >= 15 is 0 Å². The normalized spacial score (nSPS) is 11.8. The summed E-state index contributed by atoms with van der Waals surface area (Å²) in [5.41, 5.74) is 2.01. The van der Waals surface area contributed by atoms with Gasteiger partial charge in [0.05, 0.1) is 17.5 Å². The lowest BCUT2D eigenvalue weighted by Gasteiger charge is -2.15. The van der Waals surface area contributed by atoms with E-state index in [1.807, 2.05) is 32.0 Å². The molecule has 4 rings (SSSR count). The van der Waals surface area contributed by atoms with Crippen molar-refractivity contribution in [1.29, 1.82) is 0 Å². The van der Waals surface area contributed by atoms with Gasteiger partial charge in [0.2, 0.25) is 5.91 Å². The van der Waals surface area contributed by atoms with Gasteiger partial charge in [-0.15, -0.1) is 11.8 Å². The van der Waals surface area contributed by atoms with Gasteiger partial charge in [-0.3, -0.25) is 14.4 Å². The minimum absolute atomic E-state index is 0.00541. The number of hydrogen-bond donors (Lipinski definition) is 3. The van der Waals surface area contributed by atoms with Crippen molar-refractivity contribution in [2.24, 2.45) is 0 Å². The lowest BCUT2D eigenvalue weighted by atomic mass is 10.1. The first kappa shape index (κ1) is 31.7. The summed E-state index contributed by atoms with van der Waals surface area (Å²) in [7, 11) is 0. The summed E-state index contributed by atoms with van der Waals surface area (Å²) in [5, 5.41) is 8.79. The maximum atomic E-state index is 13.3. The molecule has 0 heterocycles. The van der Waals surface area contributed by atoms with E-state index in [4.69, 9.17) is 27.9 Å². The van der Waals surface area contributed by atoms with Crippen molar-refractivity contribution < 1.29 is 19.1 Å². The summed E-state index contributed by atoms with van der Waals surface area (Å²) in [6.07, 6.45) is 1.49. The minimum Gasteiger partial charge on any atom is -0.492 e. The number of para-hydroxylation sites is 2. The van der Waals surface area contributed by atoms with E-state index in [1.54, 1.807) is 78.9 Å². The highest BCUT2D eigenvalue weighted by Crippen LogP contribution is 2.29. The van der Waals surface area contributed by atoms with Crippen LogP contribution in [0.25, 0.3) is 6.08 Å². The fourth-order valence-corrected chi connectivity index (χ4v) is 5.21. The Morgan fingerprint density at radius 1 is 0.884 bits per heavy atom.